The van der Waals surface area contributed by atoms with Crippen molar-refractivity contribution in [1.29, 1.82) is 0 Å². The Kier molecular flexibility index (Phi) is 7.70. The summed E-state index contributed by atoms with van der Waals surface area (Å²) >= 11 is 0. The van der Waals surface area contributed by atoms with Gasteiger partial charge in [0.15, 0.2) is 0 Å². The summed E-state index contributed by atoms with van der Waals surface area (Å²) in [5.41, 5.74) is 5.47. The largest absolute Gasteiger partial charge is 0.225 e. The molecule has 0 amide bonds. The Balaban J connectivity index is 1.86. The quantitative estimate of drug-likeness (QED) is 0.166. The van der Waals surface area contributed by atoms with Crippen LogP contribution in [0.2, 0.25) is 0 Å². The van der Waals surface area contributed by atoms with Crippen molar-refractivity contribution in [2.75, 3.05) is 0 Å². The normalized spacial score (nSPS) is 12.9. The lowest BCUT2D eigenvalue weighted by atomic mass is 9.65. The van der Waals surface area contributed by atoms with Crippen molar-refractivity contribution in [2.24, 2.45) is 0 Å². The third kappa shape index (κ3) is 5.48. The van der Waals surface area contributed by atoms with Crippen LogP contribution < -0.4 is 0 Å². The molecule has 0 fully saturated rings. The van der Waals surface area contributed by atoms with Crippen molar-refractivity contribution < 1.29 is 9.78 Å². The highest BCUT2D eigenvalue weighted by molar-refractivity contribution is 5.54. The van der Waals surface area contributed by atoms with Crippen molar-refractivity contribution >= 4 is 0 Å². The van der Waals surface area contributed by atoms with E-state index in [0.29, 0.717) is 0 Å². The second-order valence-electron chi connectivity index (χ2n) is 12.3. The highest BCUT2D eigenvalue weighted by Gasteiger charge is 2.40. The molecule has 2 nitrogen and oxygen atoms in total. The molecule has 0 saturated carbocycles. The van der Waals surface area contributed by atoms with E-state index < -0.39 is 11.2 Å². The van der Waals surface area contributed by atoms with Crippen LogP contribution in [-0.4, -0.2) is 0 Å². The van der Waals surface area contributed by atoms with E-state index in [9.17, 15) is 0 Å². The van der Waals surface area contributed by atoms with Crippen LogP contribution >= 0.6 is 0 Å². The Morgan fingerprint density at radius 2 is 0.763 bits per heavy atom. The Morgan fingerprint density at radius 1 is 0.368 bits per heavy atom. The molecule has 0 spiro atoms. The molecule has 2 heteroatoms. The molecule has 4 aromatic carbocycles. The Labute approximate surface area is 229 Å². The van der Waals surface area contributed by atoms with E-state index in [-0.39, 0.29) is 10.8 Å². The summed E-state index contributed by atoms with van der Waals surface area (Å²) in [4.78, 5) is 12.6. The van der Waals surface area contributed by atoms with Gasteiger partial charge >= 0.3 is 0 Å². The molecule has 0 heterocycles. The first-order chi connectivity index (χ1) is 17.9. The molecule has 0 saturated heterocycles. The minimum atomic E-state index is -0.712. The van der Waals surface area contributed by atoms with Gasteiger partial charge in [0.05, 0.1) is 0 Å². The highest BCUT2D eigenvalue weighted by atomic mass is 17.2. The zero-order chi connectivity index (χ0) is 27.6. The lowest BCUT2D eigenvalue weighted by Crippen LogP contribution is -2.35. The first-order valence-electron chi connectivity index (χ1n) is 13.6. The zero-order valence-electron chi connectivity index (χ0n) is 24.2. The van der Waals surface area contributed by atoms with Gasteiger partial charge in [-0.1, -0.05) is 137 Å². The van der Waals surface area contributed by atoms with Crippen molar-refractivity contribution in [3.8, 4) is 0 Å². The summed E-state index contributed by atoms with van der Waals surface area (Å²) in [7, 11) is 0. The van der Waals surface area contributed by atoms with E-state index >= 15 is 0 Å². The third-order valence-electron chi connectivity index (χ3n) is 7.93. The van der Waals surface area contributed by atoms with Gasteiger partial charge in [0.1, 0.15) is 11.2 Å². The van der Waals surface area contributed by atoms with Crippen LogP contribution in [0.15, 0.2) is 109 Å². The van der Waals surface area contributed by atoms with Gasteiger partial charge in [0.25, 0.3) is 0 Å². The molecule has 4 rings (SSSR count). The summed E-state index contributed by atoms with van der Waals surface area (Å²) in [6.07, 6.45) is 0. The molecule has 0 N–H and O–H groups in total. The summed E-state index contributed by atoms with van der Waals surface area (Å²) in [6.45, 7) is 17.6. The molecule has 0 atom stereocenters. The van der Waals surface area contributed by atoms with Crippen molar-refractivity contribution in [3.05, 3.63) is 143 Å². The molecule has 0 radical (unpaired) electrons. The molecule has 0 aromatic heterocycles. The van der Waals surface area contributed by atoms with Gasteiger partial charge in [-0.25, -0.2) is 9.78 Å². The van der Waals surface area contributed by atoms with Crippen molar-refractivity contribution in [2.45, 2.75) is 77.4 Å². The predicted molar refractivity (Wildman–Crippen MR) is 158 cm³/mol. The molecule has 0 bridgehead atoms. The molecular formula is C36H42O2. The van der Waals surface area contributed by atoms with Crippen molar-refractivity contribution in [1.82, 2.24) is 0 Å². The molecule has 0 aliphatic rings. The monoisotopic (exact) mass is 506 g/mol. The Bertz CT molecular complexity index is 1330. The highest BCUT2D eigenvalue weighted by Crippen LogP contribution is 2.46. The second kappa shape index (κ2) is 10.5. The first kappa shape index (κ1) is 27.8. The number of hydrogen-bond donors (Lipinski definition) is 0. The molecular weight excluding hydrogens is 464 g/mol. The van der Waals surface area contributed by atoms with Crippen LogP contribution in [0.25, 0.3) is 0 Å². The fraction of sp³-hybridized carbons (Fsp3) is 0.333. The van der Waals surface area contributed by atoms with Crippen LogP contribution in [0.1, 0.15) is 88.8 Å². The molecule has 0 aliphatic heterocycles. The van der Waals surface area contributed by atoms with Gasteiger partial charge in [-0.2, -0.15) is 0 Å². The second-order valence-corrected chi connectivity index (χ2v) is 12.3. The van der Waals surface area contributed by atoms with Gasteiger partial charge in [0, 0.05) is 10.8 Å². The van der Waals surface area contributed by atoms with Crippen LogP contribution in [0.5, 0.6) is 0 Å². The summed E-state index contributed by atoms with van der Waals surface area (Å²) in [5.74, 6) is 0. The van der Waals surface area contributed by atoms with E-state index in [1.54, 1.807) is 0 Å². The van der Waals surface area contributed by atoms with E-state index in [2.05, 4.69) is 133 Å². The third-order valence-corrected chi connectivity index (χ3v) is 7.93. The molecule has 0 unspecified atom stereocenters. The average Bonchev–Trinajstić information content (AvgIpc) is 2.93. The minimum Gasteiger partial charge on any atom is -0.225 e. The summed E-state index contributed by atoms with van der Waals surface area (Å²) in [5, 5.41) is 0. The molecule has 38 heavy (non-hydrogen) atoms. The first-order valence-corrected chi connectivity index (χ1v) is 13.6. The number of rotatable bonds is 9. The van der Waals surface area contributed by atoms with E-state index in [1.165, 1.54) is 22.3 Å². The van der Waals surface area contributed by atoms with E-state index in [0.717, 1.165) is 11.1 Å². The smallest absolute Gasteiger partial charge is 0.123 e. The summed E-state index contributed by atoms with van der Waals surface area (Å²) < 4.78 is 0. The maximum absolute atomic E-state index is 6.38. The fourth-order valence-electron chi connectivity index (χ4n) is 5.40. The maximum Gasteiger partial charge on any atom is 0.123 e. The van der Waals surface area contributed by atoms with Crippen molar-refractivity contribution in [3.63, 3.8) is 0 Å². The fourth-order valence-corrected chi connectivity index (χ4v) is 5.40. The number of hydrogen-bond acceptors (Lipinski definition) is 2. The average molecular weight is 507 g/mol. The molecule has 4 aromatic rings. The van der Waals surface area contributed by atoms with Crippen LogP contribution in [0.3, 0.4) is 0 Å². The zero-order valence-corrected chi connectivity index (χ0v) is 24.2. The van der Waals surface area contributed by atoms with Gasteiger partial charge in [-0.15, -0.1) is 0 Å². The van der Waals surface area contributed by atoms with Gasteiger partial charge in [-0.3, -0.25) is 0 Å². The SMILES string of the molecule is CC(C)(OOC(C)(C)c1cccc(C(C)(C)c2ccccc2)c1C(C)(C)c1ccccc1)c1ccccc1. The predicted octanol–water partition coefficient (Wildman–Crippen LogP) is 9.46. The van der Waals surface area contributed by atoms with Gasteiger partial charge in [0.2, 0.25) is 0 Å². The standard InChI is InChI=1S/C36H42O2/c1-33(2,27-19-12-9-13-20-27)30-25-18-26-31(32(30)34(3,4)28-21-14-10-15-22-28)36(7,8)38-37-35(5,6)29-23-16-11-17-24-29/h9-26H,1-8H3. The van der Waals surface area contributed by atoms with Crippen LogP contribution in [-0.2, 0) is 31.8 Å². The molecule has 198 valence electrons. The van der Waals surface area contributed by atoms with Crippen LogP contribution in [0, 0.1) is 0 Å². The topological polar surface area (TPSA) is 18.5 Å². The van der Waals surface area contributed by atoms with E-state index in [4.69, 9.17) is 9.78 Å². The minimum absolute atomic E-state index is 0.223. The molecule has 0 aliphatic carbocycles. The lowest BCUT2D eigenvalue weighted by Gasteiger charge is -2.40. The maximum atomic E-state index is 6.38. The van der Waals surface area contributed by atoms with Gasteiger partial charge in [-0.05, 0) is 61.1 Å². The van der Waals surface area contributed by atoms with Gasteiger partial charge < -0.3 is 0 Å². The Hall–Kier alpha value is -3.20. The number of benzene rings is 4. The lowest BCUT2D eigenvalue weighted by molar-refractivity contribution is -0.410. The van der Waals surface area contributed by atoms with Crippen LogP contribution in [0.4, 0.5) is 0 Å². The van der Waals surface area contributed by atoms with E-state index in [1.807, 2.05) is 32.0 Å². The summed E-state index contributed by atoms with van der Waals surface area (Å²) in [6, 6.07) is 38.4. The Morgan fingerprint density at radius 3 is 1.26 bits per heavy atom.